The summed E-state index contributed by atoms with van der Waals surface area (Å²) in [6.07, 6.45) is 46.9. The SMILES string of the molecule is CCCCCCCCCCCCCCCCCC[N+](C)(CCCCCCCCCCCCCCCCCC)CCC(C)O. The topological polar surface area (TPSA) is 20.2 Å². The Labute approximate surface area is 274 Å². The Hall–Kier alpha value is -0.0800. The Bertz CT molecular complexity index is 468. The summed E-state index contributed by atoms with van der Waals surface area (Å²) in [6, 6.07) is 0. The highest BCUT2D eigenvalue weighted by atomic mass is 16.3. The fourth-order valence-electron chi connectivity index (χ4n) is 6.92. The molecule has 0 rings (SSSR count). The summed E-state index contributed by atoms with van der Waals surface area (Å²) in [5, 5.41) is 9.93. The lowest BCUT2D eigenvalue weighted by Crippen LogP contribution is -2.47. The number of hydrogen-bond acceptors (Lipinski definition) is 1. The zero-order valence-corrected chi connectivity index (χ0v) is 30.9. The molecule has 0 aliphatic rings. The normalized spacial score (nSPS) is 12.8. The molecule has 260 valence electrons. The number of aliphatic hydroxyl groups excluding tert-OH is 1. The summed E-state index contributed by atoms with van der Waals surface area (Å²) >= 11 is 0. The van der Waals surface area contributed by atoms with Crippen LogP contribution < -0.4 is 0 Å². The Balaban J connectivity index is 3.68. The summed E-state index contributed by atoms with van der Waals surface area (Å²) in [6.45, 7) is 10.3. The molecule has 1 N–H and O–H groups in total. The number of hydrogen-bond donors (Lipinski definition) is 1. The van der Waals surface area contributed by atoms with Gasteiger partial charge in [-0.3, -0.25) is 0 Å². The molecule has 0 aliphatic heterocycles. The van der Waals surface area contributed by atoms with E-state index in [1.54, 1.807) is 0 Å². The number of nitrogens with zero attached hydrogens (tertiary/aromatic N) is 1. The van der Waals surface area contributed by atoms with Gasteiger partial charge in [0.15, 0.2) is 0 Å². The summed E-state index contributed by atoms with van der Waals surface area (Å²) in [5.74, 6) is 0. The molecule has 0 aromatic carbocycles. The van der Waals surface area contributed by atoms with Crippen LogP contribution in [0.4, 0.5) is 0 Å². The molecule has 0 saturated heterocycles. The van der Waals surface area contributed by atoms with Crippen LogP contribution in [0.25, 0.3) is 0 Å². The number of quaternary nitrogens is 1. The van der Waals surface area contributed by atoms with E-state index in [0.717, 1.165) is 13.0 Å². The van der Waals surface area contributed by atoms with Crippen LogP contribution in [0.5, 0.6) is 0 Å². The zero-order chi connectivity index (χ0) is 31.5. The minimum Gasteiger partial charge on any atom is -0.393 e. The van der Waals surface area contributed by atoms with E-state index >= 15 is 0 Å². The van der Waals surface area contributed by atoms with Crippen LogP contribution in [0.1, 0.15) is 233 Å². The number of rotatable bonds is 37. The first-order valence-electron chi connectivity index (χ1n) is 20.6. The first-order chi connectivity index (χ1) is 21.0. The summed E-state index contributed by atoms with van der Waals surface area (Å²) in [5.41, 5.74) is 0. The van der Waals surface area contributed by atoms with Crippen molar-refractivity contribution in [2.24, 2.45) is 0 Å². The minimum atomic E-state index is -0.158. The minimum absolute atomic E-state index is 0.158. The lowest BCUT2D eigenvalue weighted by Gasteiger charge is -2.35. The molecular weight excluding hydrogens is 522 g/mol. The van der Waals surface area contributed by atoms with E-state index in [0.29, 0.717) is 0 Å². The van der Waals surface area contributed by atoms with E-state index in [1.807, 2.05) is 6.92 Å². The van der Waals surface area contributed by atoms with Crippen molar-refractivity contribution in [1.82, 2.24) is 0 Å². The van der Waals surface area contributed by atoms with E-state index in [1.165, 1.54) is 223 Å². The van der Waals surface area contributed by atoms with Crippen molar-refractivity contribution in [2.45, 2.75) is 239 Å². The fourth-order valence-corrected chi connectivity index (χ4v) is 6.92. The number of aliphatic hydroxyl groups is 1. The van der Waals surface area contributed by atoms with Gasteiger partial charge in [-0.2, -0.15) is 0 Å². The molecule has 2 nitrogen and oxygen atoms in total. The summed E-state index contributed by atoms with van der Waals surface area (Å²) in [4.78, 5) is 0. The van der Waals surface area contributed by atoms with Gasteiger partial charge in [-0.1, -0.05) is 194 Å². The molecule has 0 saturated carbocycles. The molecule has 43 heavy (non-hydrogen) atoms. The van der Waals surface area contributed by atoms with Gasteiger partial charge in [-0.15, -0.1) is 0 Å². The fraction of sp³-hybridized carbons (Fsp3) is 1.00. The van der Waals surface area contributed by atoms with Gasteiger partial charge in [0.25, 0.3) is 0 Å². The van der Waals surface area contributed by atoms with E-state index in [2.05, 4.69) is 20.9 Å². The van der Waals surface area contributed by atoms with Gasteiger partial charge in [0, 0.05) is 6.42 Å². The van der Waals surface area contributed by atoms with Gasteiger partial charge < -0.3 is 9.59 Å². The van der Waals surface area contributed by atoms with Crippen molar-refractivity contribution >= 4 is 0 Å². The molecule has 0 fully saturated rings. The van der Waals surface area contributed by atoms with E-state index < -0.39 is 0 Å². The maximum Gasteiger partial charge on any atom is 0.0809 e. The lowest BCUT2D eigenvalue weighted by molar-refractivity contribution is -0.910. The third-order valence-corrected chi connectivity index (χ3v) is 10.2. The zero-order valence-electron chi connectivity index (χ0n) is 30.9. The molecule has 0 bridgehead atoms. The molecule has 0 amide bonds. The quantitative estimate of drug-likeness (QED) is 0.0549. The number of unbranched alkanes of at least 4 members (excludes halogenated alkanes) is 30. The van der Waals surface area contributed by atoms with Gasteiger partial charge in [-0.25, -0.2) is 0 Å². The van der Waals surface area contributed by atoms with Crippen LogP contribution in [-0.4, -0.2) is 42.4 Å². The first kappa shape index (κ1) is 42.9. The molecule has 0 aliphatic carbocycles. The van der Waals surface area contributed by atoms with Crippen molar-refractivity contribution < 1.29 is 9.59 Å². The van der Waals surface area contributed by atoms with Crippen LogP contribution in [0.2, 0.25) is 0 Å². The van der Waals surface area contributed by atoms with Crippen LogP contribution in [0.15, 0.2) is 0 Å². The highest BCUT2D eigenvalue weighted by Gasteiger charge is 2.21. The highest BCUT2D eigenvalue weighted by molar-refractivity contribution is 4.54. The van der Waals surface area contributed by atoms with Crippen molar-refractivity contribution in [3.63, 3.8) is 0 Å². The average Bonchev–Trinajstić information content (AvgIpc) is 2.99. The summed E-state index contributed by atoms with van der Waals surface area (Å²) in [7, 11) is 2.47. The molecule has 2 heteroatoms. The Morgan fingerprint density at radius 3 is 0.767 bits per heavy atom. The maximum atomic E-state index is 9.93. The third kappa shape index (κ3) is 34.6. The van der Waals surface area contributed by atoms with E-state index in [4.69, 9.17) is 0 Å². The van der Waals surface area contributed by atoms with Crippen molar-refractivity contribution in [2.75, 3.05) is 26.7 Å². The Kier molecular flexibility index (Phi) is 34.7. The summed E-state index contributed by atoms with van der Waals surface area (Å²) < 4.78 is 1.18. The van der Waals surface area contributed by atoms with Crippen molar-refractivity contribution in [3.05, 3.63) is 0 Å². The first-order valence-corrected chi connectivity index (χ1v) is 20.6. The van der Waals surface area contributed by atoms with E-state index in [-0.39, 0.29) is 6.10 Å². The third-order valence-electron chi connectivity index (χ3n) is 10.2. The Morgan fingerprint density at radius 1 is 0.349 bits per heavy atom. The standard InChI is InChI=1S/C41H86NO/c1-5-7-9-11-13-15-17-19-21-23-25-27-29-31-33-35-38-42(4,40-37-41(3)43)39-36-34-32-30-28-26-24-22-20-18-16-14-12-10-8-6-2/h41,43H,5-40H2,1-4H3/q+1. The molecule has 1 unspecified atom stereocenters. The van der Waals surface area contributed by atoms with Gasteiger partial charge in [0.05, 0.1) is 32.8 Å². The predicted octanol–water partition coefficient (Wildman–Crippen LogP) is 13.7. The largest absolute Gasteiger partial charge is 0.393 e. The lowest BCUT2D eigenvalue weighted by atomic mass is 10.0. The molecule has 0 spiro atoms. The van der Waals surface area contributed by atoms with Crippen LogP contribution in [0.3, 0.4) is 0 Å². The van der Waals surface area contributed by atoms with Crippen LogP contribution in [0, 0.1) is 0 Å². The van der Waals surface area contributed by atoms with Crippen molar-refractivity contribution in [3.8, 4) is 0 Å². The average molecular weight is 609 g/mol. The van der Waals surface area contributed by atoms with Gasteiger partial charge in [0.1, 0.15) is 0 Å². The second-order valence-electron chi connectivity index (χ2n) is 15.0. The van der Waals surface area contributed by atoms with Gasteiger partial charge >= 0.3 is 0 Å². The van der Waals surface area contributed by atoms with Gasteiger partial charge in [-0.05, 0) is 32.6 Å². The Morgan fingerprint density at radius 2 is 0.558 bits per heavy atom. The van der Waals surface area contributed by atoms with Crippen LogP contribution in [-0.2, 0) is 0 Å². The molecule has 0 radical (unpaired) electrons. The highest BCUT2D eigenvalue weighted by Crippen LogP contribution is 2.18. The van der Waals surface area contributed by atoms with Crippen molar-refractivity contribution in [1.29, 1.82) is 0 Å². The van der Waals surface area contributed by atoms with Gasteiger partial charge in [0.2, 0.25) is 0 Å². The van der Waals surface area contributed by atoms with Crippen LogP contribution >= 0.6 is 0 Å². The monoisotopic (exact) mass is 609 g/mol. The maximum absolute atomic E-state index is 9.93. The van der Waals surface area contributed by atoms with E-state index in [9.17, 15) is 5.11 Å². The second kappa shape index (κ2) is 34.8. The molecular formula is C41H86NO+. The smallest absolute Gasteiger partial charge is 0.0809 e. The molecule has 1 atom stereocenters. The molecule has 0 heterocycles. The second-order valence-corrected chi connectivity index (χ2v) is 15.0. The predicted molar refractivity (Wildman–Crippen MR) is 196 cm³/mol. The molecule has 0 aromatic rings. The molecule has 0 aromatic heterocycles.